The van der Waals surface area contributed by atoms with Gasteiger partial charge < -0.3 is 5.32 Å². The van der Waals surface area contributed by atoms with Gasteiger partial charge in [-0.05, 0) is 61.9 Å². The number of amides is 3. The van der Waals surface area contributed by atoms with Gasteiger partial charge in [-0.2, -0.15) is 0 Å². The molecule has 0 aliphatic carbocycles. The Morgan fingerprint density at radius 2 is 1.83 bits per heavy atom. The fraction of sp³-hybridized carbons (Fsp3) is 0.318. The van der Waals surface area contributed by atoms with E-state index in [4.69, 9.17) is 11.6 Å². The van der Waals surface area contributed by atoms with E-state index in [9.17, 15) is 14.4 Å². The number of nitrogens with one attached hydrogen (secondary N) is 1. The van der Waals surface area contributed by atoms with E-state index in [0.29, 0.717) is 22.9 Å². The molecule has 152 valence electrons. The Kier molecular flexibility index (Phi) is 3.80. The van der Waals surface area contributed by atoms with Crippen LogP contribution in [0.1, 0.15) is 18.4 Å². The Labute approximate surface area is 186 Å². The molecule has 1 spiro atoms. The first-order valence-electron chi connectivity index (χ1n) is 9.96. The van der Waals surface area contributed by atoms with Gasteiger partial charge in [0.2, 0.25) is 17.7 Å². The average Bonchev–Trinajstić information content (AvgIpc) is 3.42. The van der Waals surface area contributed by atoms with Crippen molar-refractivity contribution < 1.29 is 14.4 Å². The van der Waals surface area contributed by atoms with Crippen LogP contribution in [0, 0.1) is 11.8 Å². The molecule has 4 atom stereocenters. The van der Waals surface area contributed by atoms with E-state index in [1.807, 2.05) is 18.2 Å². The molecule has 3 amide bonds. The Balaban J connectivity index is 1.56. The van der Waals surface area contributed by atoms with E-state index in [0.717, 1.165) is 22.9 Å². The van der Waals surface area contributed by atoms with Crippen LogP contribution >= 0.6 is 27.5 Å². The molecule has 0 radical (unpaired) electrons. The number of hydrogen-bond acceptors (Lipinski definition) is 4. The van der Waals surface area contributed by atoms with Crippen LogP contribution < -0.4 is 10.2 Å². The maximum Gasteiger partial charge on any atom is 0.250 e. The van der Waals surface area contributed by atoms with Crippen molar-refractivity contribution in [2.45, 2.75) is 24.4 Å². The van der Waals surface area contributed by atoms with Gasteiger partial charge in [0, 0.05) is 26.8 Å². The predicted octanol–water partition coefficient (Wildman–Crippen LogP) is 3.53. The SMILES string of the molecule is O=C1C2C3CCCN3C3(C(=O)Nc4ccc(Br)cc43)C2C(=O)N1c1ccc(Cl)cc1. The molecule has 3 fully saturated rings. The molecule has 4 unspecified atom stereocenters. The summed E-state index contributed by atoms with van der Waals surface area (Å²) in [4.78, 5) is 44.2. The zero-order valence-electron chi connectivity index (χ0n) is 15.8. The van der Waals surface area contributed by atoms with Crippen LogP contribution in [0.2, 0.25) is 5.02 Å². The molecule has 0 saturated carbocycles. The number of fused-ring (bicyclic) bond motifs is 7. The lowest BCUT2D eigenvalue weighted by Crippen LogP contribution is -2.54. The first-order valence-corrected chi connectivity index (χ1v) is 11.1. The van der Waals surface area contributed by atoms with E-state index in [1.54, 1.807) is 24.3 Å². The number of halogens is 2. The molecule has 4 aliphatic heterocycles. The van der Waals surface area contributed by atoms with E-state index < -0.39 is 17.4 Å². The molecule has 3 saturated heterocycles. The predicted molar refractivity (Wildman–Crippen MR) is 115 cm³/mol. The van der Waals surface area contributed by atoms with E-state index in [-0.39, 0.29) is 23.8 Å². The zero-order valence-corrected chi connectivity index (χ0v) is 18.1. The summed E-state index contributed by atoms with van der Waals surface area (Å²) in [5, 5.41) is 3.51. The van der Waals surface area contributed by atoms with Crippen molar-refractivity contribution in [3.63, 3.8) is 0 Å². The second-order valence-corrected chi connectivity index (χ2v) is 9.66. The van der Waals surface area contributed by atoms with Gasteiger partial charge >= 0.3 is 0 Å². The summed E-state index contributed by atoms with van der Waals surface area (Å²) in [6, 6.07) is 12.2. The summed E-state index contributed by atoms with van der Waals surface area (Å²) in [5.74, 6) is -2.04. The molecule has 2 aromatic rings. The molecule has 2 aromatic carbocycles. The van der Waals surface area contributed by atoms with Crippen LogP contribution in [0.5, 0.6) is 0 Å². The third-order valence-electron chi connectivity index (χ3n) is 7.04. The number of carbonyl (C=O) groups excluding carboxylic acids is 3. The molecule has 6 rings (SSSR count). The summed E-state index contributed by atoms with van der Waals surface area (Å²) in [5.41, 5.74) is 0.829. The minimum absolute atomic E-state index is 0.126. The van der Waals surface area contributed by atoms with Crippen LogP contribution in [0.15, 0.2) is 46.9 Å². The number of carbonyl (C=O) groups is 3. The Hall–Kier alpha value is -2.22. The van der Waals surface area contributed by atoms with Crippen molar-refractivity contribution in [2.24, 2.45) is 11.8 Å². The summed E-state index contributed by atoms with van der Waals surface area (Å²) in [6.07, 6.45) is 1.70. The highest BCUT2D eigenvalue weighted by molar-refractivity contribution is 9.10. The molecule has 4 aliphatic rings. The molecule has 4 heterocycles. The van der Waals surface area contributed by atoms with Gasteiger partial charge in [0.25, 0.3) is 0 Å². The van der Waals surface area contributed by atoms with E-state index in [1.165, 1.54) is 4.90 Å². The molecule has 8 heteroatoms. The second kappa shape index (κ2) is 6.15. The van der Waals surface area contributed by atoms with Gasteiger partial charge in [-0.1, -0.05) is 27.5 Å². The van der Waals surface area contributed by atoms with Gasteiger partial charge in [-0.15, -0.1) is 0 Å². The number of hydrogen-bond donors (Lipinski definition) is 1. The molecule has 1 N–H and O–H groups in total. The number of benzene rings is 2. The first kappa shape index (κ1) is 18.5. The maximum atomic E-state index is 13.8. The second-order valence-electron chi connectivity index (χ2n) is 8.31. The van der Waals surface area contributed by atoms with Crippen molar-refractivity contribution in [3.8, 4) is 0 Å². The Morgan fingerprint density at radius 1 is 1.07 bits per heavy atom. The molecule has 0 bridgehead atoms. The quantitative estimate of drug-likeness (QED) is 0.626. The average molecular weight is 487 g/mol. The lowest BCUT2D eigenvalue weighted by molar-refractivity contribution is -0.135. The Morgan fingerprint density at radius 3 is 2.60 bits per heavy atom. The highest BCUT2D eigenvalue weighted by Gasteiger charge is 2.74. The minimum Gasteiger partial charge on any atom is -0.324 e. The van der Waals surface area contributed by atoms with Crippen LogP contribution in [-0.2, 0) is 19.9 Å². The molecular formula is C22H17BrClN3O3. The van der Waals surface area contributed by atoms with Crippen LogP contribution in [0.3, 0.4) is 0 Å². The van der Waals surface area contributed by atoms with Crippen molar-refractivity contribution in [1.82, 2.24) is 4.90 Å². The molecule has 6 nitrogen and oxygen atoms in total. The number of nitrogens with zero attached hydrogens (tertiary/aromatic N) is 2. The number of rotatable bonds is 1. The standard InChI is InChI=1S/C22H17BrClN3O3/c23-11-3-8-15-14(10-11)22(21(30)25-15)18-17(16-2-1-9-26(16)22)19(28)27(20(18)29)13-6-4-12(24)5-7-13/h3-8,10,16-18H,1-2,9H2,(H,25,30). The van der Waals surface area contributed by atoms with E-state index >= 15 is 0 Å². The third-order valence-corrected chi connectivity index (χ3v) is 7.78. The maximum absolute atomic E-state index is 13.8. The minimum atomic E-state index is -1.15. The van der Waals surface area contributed by atoms with Gasteiger partial charge in [0.05, 0.1) is 17.5 Å². The molecule has 0 aromatic heterocycles. The summed E-state index contributed by atoms with van der Waals surface area (Å²) >= 11 is 9.51. The fourth-order valence-electron chi connectivity index (χ4n) is 6.02. The van der Waals surface area contributed by atoms with Gasteiger partial charge in [0.1, 0.15) is 5.54 Å². The van der Waals surface area contributed by atoms with Gasteiger partial charge in [-0.3, -0.25) is 19.3 Å². The third kappa shape index (κ3) is 2.10. The zero-order chi connectivity index (χ0) is 20.8. The largest absolute Gasteiger partial charge is 0.324 e. The highest BCUT2D eigenvalue weighted by atomic mass is 79.9. The van der Waals surface area contributed by atoms with Crippen LogP contribution in [-0.4, -0.2) is 35.2 Å². The summed E-state index contributed by atoms with van der Waals surface area (Å²) in [7, 11) is 0. The Bertz CT molecular complexity index is 1140. The summed E-state index contributed by atoms with van der Waals surface area (Å²) in [6.45, 7) is 0.693. The van der Waals surface area contributed by atoms with E-state index in [2.05, 4.69) is 26.1 Å². The lowest BCUT2D eigenvalue weighted by atomic mass is 9.75. The van der Waals surface area contributed by atoms with Crippen molar-refractivity contribution in [1.29, 1.82) is 0 Å². The number of imide groups is 1. The molecule has 30 heavy (non-hydrogen) atoms. The molecular weight excluding hydrogens is 470 g/mol. The summed E-state index contributed by atoms with van der Waals surface area (Å²) < 4.78 is 0.836. The normalized spacial score (nSPS) is 32.0. The highest BCUT2D eigenvalue weighted by Crippen LogP contribution is 2.60. The van der Waals surface area contributed by atoms with Crippen molar-refractivity contribution in [3.05, 3.63) is 57.5 Å². The number of anilines is 2. The smallest absolute Gasteiger partial charge is 0.250 e. The monoisotopic (exact) mass is 485 g/mol. The van der Waals surface area contributed by atoms with Crippen LogP contribution in [0.25, 0.3) is 0 Å². The first-order chi connectivity index (χ1) is 14.4. The van der Waals surface area contributed by atoms with Crippen molar-refractivity contribution >= 4 is 56.6 Å². The van der Waals surface area contributed by atoms with Gasteiger partial charge in [-0.25, -0.2) is 4.90 Å². The van der Waals surface area contributed by atoms with Crippen molar-refractivity contribution in [2.75, 3.05) is 16.8 Å². The van der Waals surface area contributed by atoms with Crippen LogP contribution in [0.4, 0.5) is 11.4 Å². The fourth-order valence-corrected chi connectivity index (χ4v) is 6.51. The lowest BCUT2D eigenvalue weighted by Gasteiger charge is -2.36. The topological polar surface area (TPSA) is 69.7 Å². The van der Waals surface area contributed by atoms with Gasteiger partial charge in [0.15, 0.2) is 0 Å².